The van der Waals surface area contributed by atoms with Gasteiger partial charge in [-0.3, -0.25) is 0 Å². The Bertz CT molecular complexity index is 263. The predicted molar refractivity (Wildman–Crippen MR) is 36.3 cm³/mol. The maximum atomic E-state index is 8.36. The van der Waals surface area contributed by atoms with Crippen LogP contribution in [0.4, 0.5) is 0 Å². The van der Waals surface area contributed by atoms with Gasteiger partial charge in [-0.2, -0.15) is 5.26 Å². The third kappa shape index (κ3) is 1.13. The van der Waals surface area contributed by atoms with Gasteiger partial charge in [-0.15, -0.1) is 0 Å². The molecule has 4 heteroatoms. The maximum absolute atomic E-state index is 8.36. The van der Waals surface area contributed by atoms with Gasteiger partial charge in [0, 0.05) is 5.56 Å². The lowest BCUT2D eigenvalue weighted by Crippen LogP contribution is -2.05. The van der Waals surface area contributed by atoms with Crippen LogP contribution in [0.15, 0.2) is 16.7 Å². The van der Waals surface area contributed by atoms with Crippen molar-refractivity contribution in [2.75, 3.05) is 0 Å². The van der Waals surface area contributed by atoms with Crippen LogP contribution >= 0.6 is 11.6 Å². The third-order valence-electron chi connectivity index (χ3n) is 1.12. The second-order valence-electron chi connectivity index (χ2n) is 1.76. The first-order valence-electron chi connectivity index (χ1n) is 2.64. The number of nitrogens with zero attached hydrogens (tertiary/aromatic N) is 1. The summed E-state index contributed by atoms with van der Waals surface area (Å²) in [6.45, 7) is 0. The summed E-state index contributed by atoms with van der Waals surface area (Å²) in [5.74, 6) is 0. The van der Waals surface area contributed by atoms with E-state index in [1.807, 2.05) is 6.07 Å². The number of furan rings is 1. The van der Waals surface area contributed by atoms with Crippen LogP contribution in [0.3, 0.4) is 0 Å². The van der Waals surface area contributed by atoms with Crippen LogP contribution < -0.4 is 5.73 Å². The highest BCUT2D eigenvalue weighted by Crippen LogP contribution is 2.21. The number of nitrogens with two attached hydrogens (primary N) is 1. The lowest BCUT2D eigenvalue weighted by atomic mass is 10.2. The summed E-state index contributed by atoms with van der Waals surface area (Å²) in [4.78, 5) is 0. The molecular weight excluding hydrogens is 152 g/mol. The molecule has 52 valence electrons. The highest BCUT2D eigenvalue weighted by Gasteiger charge is 2.10. The zero-order valence-corrected chi connectivity index (χ0v) is 5.80. The molecule has 0 aliphatic carbocycles. The van der Waals surface area contributed by atoms with E-state index in [0.29, 0.717) is 5.56 Å². The summed E-state index contributed by atoms with van der Waals surface area (Å²) >= 11 is 5.52. The van der Waals surface area contributed by atoms with Crippen LogP contribution in [0.1, 0.15) is 11.6 Å². The summed E-state index contributed by atoms with van der Waals surface area (Å²) in [6.07, 6.45) is 1.40. The first-order valence-corrected chi connectivity index (χ1v) is 3.01. The molecule has 0 saturated carbocycles. The second-order valence-corrected chi connectivity index (χ2v) is 2.10. The largest absolute Gasteiger partial charge is 0.453 e. The minimum atomic E-state index is -0.689. The van der Waals surface area contributed by atoms with Gasteiger partial charge in [-0.1, -0.05) is 0 Å². The van der Waals surface area contributed by atoms with E-state index in [1.165, 1.54) is 6.26 Å². The Kier molecular flexibility index (Phi) is 1.95. The predicted octanol–water partition coefficient (Wildman–Crippen LogP) is 1.46. The number of rotatable bonds is 1. The van der Waals surface area contributed by atoms with Gasteiger partial charge in [0.2, 0.25) is 0 Å². The van der Waals surface area contributed by atoms with E-state index in [4.69, 9.17) is 27.0 Å². The number of nitriles is 1. The smallest absolute Gasteiger partial charge is 0.198 e. The Balaban J connectivity index is 2.96. The van der Waals surface area contributed by atoms with E-state index in [9.17, 15) is 0 Å². The first-order chi connectivity index (χ1) is 4.75. The van der Waals surface area contributed by atoms with Crippen molar-refractivity contribution in [3.63, 3.8) is 0 Å². The van der Waals surface area contributed by atoms with Gasteiger partial charge in [0.05, 0.1) is 12.3 Å². The highest BCUT2D eigenvalue weighted by molar-refractivity contribution is 6.29. The molecule has 0 aliphatic heterocycles. The Morgan fingerprint density at radius 3 is 2.90 bits per heavy atom. The lowest BCUT2D eigenvalue weighted by molar-refractivity contribution is 0.565. The molecule has 0 bridgehead atoms. The number of hydrogen-bond acceptors (Lipinski definition) is 3. The van der Waals surface area contributed by atoms with Gasteiger partial charge in [0.15, 0.2) is 5.22 Å². The molecule has 0 fully saturated rings. The summed E-state index contributed by atoms with van der Waals surface area (Å²) in [5, 5.41) is 8.54. The molecule has 1 aromatic heterocycles. The summed E-state index contributed by atoms with van der Waals surface area (Å²) in [6, 6.07) is 2.73. The van der Waals surface area contributed by atoms with Gasteiger partial charge in [0.25, 0.3) is 0 Å². The van der Waals surface area contributed by atoms with Crippen molar-refractivity contribution in [3.05, 3.63) is 23.1 Å². The number of hydrogen-bond donors (Lipinski definition) is 1. The van der Waals surface area contributed by atoms with Crippen molar-refractivity contribution in [3.8, 4) is 6.07 Å². The quantitative estimate of drug-likeness (QED) is 0.670. The Morgan fingerprint density at radius 1 is 1.80 bits per heavy atom. The van der Waals surface area contributed by atoms with E-state index in [-0.39, 0.29) is 5.22 Å². The van der Waals surface area contributed by atoms with Crippen LogP contribution in [0, 0.1) is 11.3 Å². The normalized spacial score (nSPS) is 12.5. The van der Waals surface area contributed by atoms with Crippen molar-refractivity contribution < 1.29 is 4.42 Å². The van der Waals surface area contributed by atoms with E-state index in [0.717, 1.165) is 0 Å². The van der Waals surface area contributed by atoms with Crippen molar-refractivity contribution in [1.82, 2.24) is 0 Å². The van der Waals surface area contributed by atoms with Gasteiger partial charge >= 0.3 is 0 Å². The highest BCUT2D eigenvalue weighted by atomic mass is 35.5. The van der Waals surface area contributed by atoms with E-state index >= 15 is 0 Å². The monoisotopic (exact) mass is 156 g/mol. The molecule has 1 rings (SSSR count). The van der Waals surface area contributed by atoms with E-state index in [1.54, 1.807) is 6.07 Å². The fourth-order valence-electron chi connectivity index (χ4n) is 0.596. The van der Waals surface area contributed by atoms with E-state index < -0.39 is 6.04 Å². The van der Waals surface area contributed by atoms with Gasteiger partial charge < -0.3 is 10.2 Å². The fourth-order valence-corrected chi connectivity index (χ4v) is 0.828. The SMILES string of the molecule is N#CC(N)c1ccoc1Cl. The molecule has 2 N–H and O–H groups in total. The molecule has 1 unspecified atom stereocenters. The lowest BCUT2D eigenvalue weighted by Gasteiger charge is -1.95. The topological polar surface area (TPSA) is 63.0 Å². The van der Waals surface area contributed by atoms with Crippen LogP contribution in [-0.2, 0) is 0 Å². The van der Waals surface area contributed by atoms with Gasteiger partial charge in [-0.25, -0.2) is 0 Å². The summed E-state index contributed by atoms with van der Waals surface area (Å²) < 4.78 is 4.72. The molecule has 0 aromatic carbocycles. The van der Waals surface area contributed by atoms with Gasteiger partial charge in [-0.05, 0) is 17.7 Å². The molecule has 1 heterocycles. The Labute approximate surface area is 63.0 Å². The molecular formula is C6H5ClN2O. The summed E-state index contributed by atoms with van der Waals surface area (Å²) in [7, 11) is 0. The average Bonchev–Trinajstić information content (AvgIpc) is 2.34. The second kappa shape index (κ2) is 2.74. The van der Waals surface area contributed by atoms with Gasteiger partial charge in [0.1, 0.15) is 6.04 Å². The number of halogens is 1. The average molecular weight is 157 g/mol. The van der Waals surface area contributed by atoms with E-state index in [2.05, 4.69) is 0 Å². The molecule has 0 amide bonds. The Morgan fingerprint density at radius 2 is 2.50 bits per heavy atom. The molecule has 1 aromatic rings. The zero-order valence-electron chi connectivity index (χ0n) is 5.04. The third-order valence-corrected chi connectivity index (χ3v) is 1.43. The zero-order chi connectivity index (χ0) is 7.56. The van der Waals surface area contributed by atoms with Crippen LogP contribution in [0.25, 0.3) is 0 Å². The van der Waals surface area contributed by atoms with Crippen LogP contribution in [0.5, 0.6) is 0 Å². The molecule has 0 saturated heterocycles. The Hall–Kier alpha value is -0.980. The van der Waals surface area contributed by atoms with Crippen LogP contribution in [0.2, 0.25) is 5.22 Å². The molecule has 0 radical (unpaired) electrons. The van der Waals surface area contributed by atoms with Crippen molar-refractivity contribution in [2.24, 2.45) is 5.73 Å². The minimum absolute atomic E-state index is 0.189. The molecule has 0 spiro atoms. The minimum Gasteiger partial charge on any atom is -0.453 e. The van der Waals surface area contributed by atoms with Crippen molar-refractivity contribution in [2.45, 2.75) is 6.04 Å². The molecule has 3 nitrogen and oxygen atoms in total. The standard InChI is InChI=1S/C6H5ClN2O/c7-6-4(1-2-10-6)5(9)3-8/h1-2,5H,9H2. The van der Waals surface area contributed by atoms with Crippen LogP contribution in [-0.4, -0.2) is 0 Å². The molecule has 10 heavy (non-hydrogen) atoms. The maximum Gasteiger partial charge on any atom is 0.198 e. The fraction of sp³-hybridized carbons (Fsp3) is 0.167. The van der Waals surface area contributed by atoms with Crippen molar-refractivity contribution >= 4 is 11.6 Å². The first kappa shape index (κ1) is 7.13. The van der Waals surface area contributed by atoms with Crippen molar-refractivity contribution in [1.29, 1.82) is 5.26 Å². The molecule has 0 aliphatic rings. The molecule has 1 atom stereocenters. The summed E-state index contributed by atoms with van der Waals surface area (Å²) in [5.41, 5.74) is 5.87.